The van der Waals surface area contributed by atoms with Gasteiger partial charge in [0.25, 0.3) is 0 Å². The average Bonchev–Trinajstić information content (AvgIpc) is 2.63. The van der Waals surface area contributed by atoms with Crippen molar-refractivity contribution in [1.29, 1.82) is 0 Å². The molecule has 1 atom stereocenters. The fourth-order valence-electron chi connectivity index (χ4n) is 3.09. The molecule has 26 heavy (non-hydrogen) atoms. The molecule has 0 aromatic rings. The molecular formula is C24H48O2. The maximum absolute atomic E-state index is 12.1. The molecule has 0 heterocycles. The smallest absolute Gasteiger partial charge is 0.136 e. The Morgan fingerprint density at radius 3 is 1.42 bits per heavy atom. The summed E-state index contributed by atoms with van der Waals surface area (Å²) in [5.74, 6) is 0.653. The molecule has 0 saturated carbocycles. The summed E-state index contributed by atoms with van der Waals surface area (Å²) >= 11 is 0. The second-order valence-electron chi connectivity index (χ2n) is 7.77. The maximum atomic E-state index is 12.1. The fourth-order valence-corrected chi connectivity index (χ4v) is 3.09. The summed E-state index contributed by atoms with van der Waals surface area (Å²) in [7, 11) is 0. The number of hydrogen-bond acceptors (Lipinski definition) is 2. The number of carbonyl (C=O) groups is 2. The molecule has 0 aliphatic heterocycles. The fraction of sp³-hybridized carbons (Fsp3) is 0.917. The van der Waals surface area contributed by atoms with Crippen LogP contribution in [0, 0.1) is 5.92 Å². The Bertz CT molecular complexity index is 303. The Labute approximate surface area is 164 Å². The number of ketones is 2. The van der Waals surface area contributed by atoms with E-state index >= 15 is 0 Å². The van der Waals surface area contributed by atoms with Crippen LogP contribution in [0.5, 0.6) is 0 Å². The van der Waals surface area contributed by atoms with E-state index in [1.165, 1.54) is 57.8 Å². The van der Waals surface area contributed by atoms with Crippen molar-refractivity contribution in [2.45, 2.75) is 137 Å². The van der Waals surface area contributed by atoms with Crippen molar-refractivity contribution < 1.29 is 9.59 Å². The molecule has 0 aliphatic carbocycles. The van der Waals surface area contributed by atoms with E-state index in [0.717, 1.165) is 32.1 Å². The molecule has 0 aromatic heterocycles. The summed E-state index contributed by atoms with van der Waals surface area (Å²) in [6.07, 6.45) is 18.6. The second kappa shape index (κ2) is 22.4. The SMILES string of the molecule is CCCCCCC(CCCC)C(=O)CCC(C)=O.CCCCCCCC. The van der Waals surface area contributed by atoms with Gasteiger partial charge in [-0.25, -0.2) is 0 Å². The Balaban J connectivity index is 0. The zero-order chi connectivity index (χ0) is 20.0. The first-order valence-electron chi connectivity index (χ1n) is 11.5. The van der Waals surface area contributed by atoms with Gasteiger partial charge in [0.1, 0.15) is 11.6 Å². The minimum absolute atomic E-state index is 0.128. The molecule has 0 aliphatic rings. The van der Waals surface area contributed by atoms with E-state index in [0.29, 0.717) is 18.6 Å². The third-order valence-electron chi connectivity index (χ3n) is 4.95. The highest BCUT2D eigenvalue weighted by Crippen LogP contribution is 2.20. The van der Waals surface area contributed by atoms with E-state index in [2.05, 4.69) is 27.7 Å². The lowest BCUT2D eigenvalue weighted by Crippen LogP contribution is -2.15. The zero-order valence-corrected chi connectivity index (χ0v) is 18.7. The largest absolute Gasteiger partial charge is 0.300 e. The van der Waals surface area contributed by atoms with Crippen LogP contribution in [0.2, 0.25) is 0 Å². The first-order valence-corrected chi connectivity index (χ1v) is 11.5. The van der Waals surface area contributed by atoms with Gasteiger partial charge in [-0.15, -0.1) is 0 Å². The van der Waals surface area contributed by atoms with Gasteiger partial charge >= 0.3 is 0 Å². The highest BCUT2D eigenvalue weighted by Gasteiger charge is 2.17. The average molecular weight is 369 g/mol. The highest BCUT2D eigenvalue weighted by atomic mass is 16.1. The van der Waals surface area contributed by atoms with Crippen molar-refractivity contribution in [1.82, 2.24) is 0 Å². The molecule has 0 N–H and O–H groups in total. The Hall–Kier alpha value is -0.660. The van der Waals surface area contributed by atoms with Gasteiger partial charge in [-0.2, -0.15) is 0 Å². The van der Waals surface area contributed by atoms with Gasteiger partial charge in [-0.1, -0.05) is 105 Å². The maximum Gasteiger partial charge on any atom is 0.136 e. The van der Waals surface area contributed by atoms with E-state index in [1.54, 1.807) is 6.92 Å². The minimum Gasteiger partial charge on any atom is -0.300 e. The van der Waals surface area contributed by atoms with Crippen molar-refractivity contribution >= 4 is 11.6 Å². The molecule has 2 heteroatoms. The van der Waals surface area contributed by atoms with Crippen molar-refractivity contribution in [3.63, 3.8) is 0 Å². The normalized spacial score (nSPS) is 11.6. The molecular weight excluding hydrogens is 320 g/mol. The first-order chi connectivity index (χ1) is 12.5. The molecule has 0 fully saturated rings. The quantitative estimate of drug-likeness (QED) is 0.243. The van der Waals surface area contributed by atoms with Crippen LogP contribution in [0.1, 0.15) is 137 Å². The number of hydrogen-bond donors (Lipinski definition) is 0. The second-order valence-corrected chi connectivity index (χ2v) is 7.77. The lowest BCUT2D eigenvalue weighted by molar-refractivity contribution is -0.126. The summed E-state index contributed by atoms with van der Waals surface area (Å²) in [4.78, 5) is 23.0. The highest BCUT2D eigenvalue weighted by molar-refractivity contribution is 5.86. The molecule has 0 saturated heterocycles. The van der Waals surface area contributed by atoms with Crippen LogP contribution >= 0.6 is 0 Å². The predicted octanol–water partition coefficient (Wildman–Crippen LogP) is 8.07. The molecule has 156 valence electrons. The van der Waals surface area contributed by atoms with Gasteiger partial charge in [-0.05, 0) is 19.8 Å². The molecule has 0 radical (unpaired) electrons. The van der Waals surface area contributed by atoms with E-state index in [4.69, 9.17) is 0 Å². The topological polar surface area (TPSA) is 34.1 Å². The Kier molecular flexibility index (Phi) is 23.7. The van der Waals surface area contributed by atoms with Crippen LogP contribution in [0.25, 0.3) is 0 Å². The first kappa shape index (κ1) is 27.6. The molecule has 0 amide bonds. The van der Waals surface area contributed by atoms with Crippen molar-refractivity contribution in [3.8, 4) is 0 Å². The lowest BCUT2D eigenvalue weighted by atomic mass is 9.89. The van der Waals surface area contributed by atoms with Crippen LogP contribution in [0.15, 0.2) is 0 Å². The summed E-state index contributed by atoms with van der Waals surface area (Å²) in [5, 5.41) is 0. The minimum atomic E-state index is 0.128. The number of carbonyl (C=O) groups excluding carboxylic acids is 2. The van der Waals surface area contributed by atoms with Crippen molar-refractivity contribution in [2.75, 3.05) is 0 Å². The Morgan fingerprint density at radius 1 is 0.577 bits per heavy atom. The van der Waals surface area contributed by atoms with Crippen LogP contribution in [0.4, 0.5) is 0 Å². The number of unbranched alkanes of at least 4 members (excludes halogenated alkanes) is 9. The zero-order valence-electron chi connectivity index (χ0n) is 18.7. The van der Waals surface area contributed by atoms with Gasteiger partial charge in [0, 0.05) is 18.8 Å². The van der Waals surface area contributed by atoms with Gasteiger partial charge in [0.05, 0.1) is 0 Å². The van der Waals surface area contributed by atoms with E-state index < -0.39 is 0 Å². The van der Waals surface area contributed by atoms with Crippen LogP contribution < -0.4 is 0 Å². The molecule has 0 bridgehead atoms. The third kappa shape index (κ3) is 21.4. The van der Waals surface area contributed by atoms with Gasteiger partial charge in [0.15, 0.2) is 0 Å². The number of Topliss-reactive ketones (excluding diaryl/α,β-unsaturated/α-hetero) is 2. The molecule has 0 spiro atoms. The van der Waals surface area contributed by atoms with Crippen molar-refractivity contribution in [2.24, 2.45) is 5.92 Å². The lowest BCUT2D eigenvalue weighted by Gasteiger charge is -2.15. The molecule has 0 rings (SSSR count). The van der Waals surface area contributed by atoms with Gasteiger partial charge < -0.3 is 4.79 Å². The van der Waals surface area contributed by atoms with Crippen LogP contribution in [-0.2, 0) is 9.59 Å². The molecule has 0 aromatic carbocycles. The number of rotatable bonds is 17. The van der Waals surface area contributed by atoms with E-state index in [1.807, 2.05) is 0 Å². The molecule has 1 unspecified atom stereocenters. The standard InChI is InChI=1S/C16H30O2.C8H18/c1-4-6-8-9-11-15(10-7-5-2)16(18)13-12-14(3)17;1-3-5-7-8-6-4-2/h15H,4-13H2,1-3H3;3-8H2,1-2H3. The monoisotopic (exact) mass is 368 g/mol. The van der Waals surface area contributed by atoms with E-state index in [9.17, 15) is 9.59 Å². The van der Waals surface area contributed by atoms with Crippen LogP contribution in [0.3, 0.4) is 0 Å². The predicted molar refractivity (Wildman–Crippen MR) is 116 cm³/mol. The Morgan fingerprint density at radius 2 is 1.00 bits per heavy atom. The summed E-state index contributed by atoms with van der Waals surface area (Å²) in [6.45, 7) is 10.4. The summed E-state index contributed by atoms with van der Waals surface area (Å²) in [5.41, 5.74) is 0. The summed E-state index contributed by atoms with van der Waals surface area (Å²) in [6, 6.07) is 0. The summed E-state index contributed by atoms with van der Waals surface area (Å²) < 4.78 is 0. The van der Waals surface area contributed by atoms with Crippen LogP contribution in [-0.4, -0.2) is 11.6 Å². The third-order valence-corrected chi connectivity index (χ3v) is 4.95. The van der Waals surface area contributed by atoms with Gasteiger partial charge in [-0.3, -0.25) is 4.79 Å². The van der Waals surface area contributed by atoms with Crippen molar-refractivity contribution in [3.05, 3.63) is 0 Å². The molecule has 2 nitrogen and oxygen atoms in total. The van der Waals surface area contributed by atoms with E-state index in [-0.39, 0.29) is 11.7 Å². The van der Waals surface area contributed by atoms with Gasteiger partial charge in [0.2, 0.25) is 0 Å².